The van der Waals surface area contributed by atoms with Gasteiger partial charge in [0.1, 0.15) is 0 Å². The molecule has 0 aliphatic heterocycles. The maximum absolute atomic E-state index is 5.78. The van der Waals surface area contributed by atoms with Gasteiger partial charge in [-0.2, -0.15) is 4.98 Å². The second-order valence-corrected chi connectivity index (χ2v) is 3.12. The SMILES string of the molecule is CC[C@@H](N)c1nc(N(CC)CC)no1. The molecule has 0 unspecified atom stereocenters. The first kappa shape index (κ1) is 11.0. The standard InChI is InChI=1S/C9H18N4O/c1-4-7(10)8-11-9(12-14-8)13(5-2)6-3/h7H,4-6,10H2,1-3H3/t7-/m1/s1. The second kappa shape index (κ2) is 4.95. The number of nitrogens with zero attached hydrogens (tertiary/aromatic N) is 3. The van der Waals surface area contributed by atoms with Crippen molar-refractivity contribution < 1.29 is 4.52 Å². The minimum absolute atomic E-state index is 0.146. The molecule has 5 heteroatoms. The van der Waals surface area contributed by atoms with Crippen molar-refractivity contribution in [2.75, 3.05) is 18.0 Å². The Morgan fingerprint density at radius 2 is 2.00 bits per heavy atom. The fraction of sp³-hybridized carbons (Fsp3) is 0.778. The van der Waals surface area contributed by atoms with Gasteiger partial charge in [-0.25, -0.2) is 0 Å². The molecule has 5 nitrogen and oxygen atoms in total. The molecule has 0 spiro atoms. The van der Waals surface area contributed by atoms with Crippen molar-refractivity contribution in [3.63, 3.8) is 0 Å². The van der Waals surface area contributed by atoms with Crippen LogP contribution >= 0.6 is 0 Å². The molecule has 0 aliphatic carbocycles. The molecule has 1 atom stereocenters. The van der Waals surface area contributed by atoms with E-state index in [-0.39, 0.29) is 6.04 Å². The van der Waals surface area contributed by atoms with Gasteiger partial charge in [-0.3, -0.25) is 0 Å². The molecule has 1 aromatic heterocycles. The predicted molar refractivity (Wildman–Crippen MR) is 55.1 cm³/mol. The lowest BCUT2D eigenvalue weighted by Crippen LogP contribution is -2.23. The van der Waals surface area contributed by atoms with Crippen molar-refractivity contribution >= 4 is 5.95 Å². The monoisotopic (exact) mass is 198 g/mol. The molecular weight excluding hydrogens is 180 g/mol. The first-order chi connectivity index (χ1) is 6.72. The summed E-state index contributed by atoms with van der Waals surface area (Å²) >= 11 is 0. The molecule has 0 saturated carbocycles. The van der Waals surface area contributed by atoms with Crippen LogP contribution in [-0.4, -0.2) is 23.2 Å². The molecule has 0 amide bonds. The zero-order valence-corrected chi connectivity index (χ0v) is 9.03. The van der Waals surface area contributed by atoms with Crippen molar-refractivity contribution in [2.45, 2.75) is 33.2 Å². The Hall–Kier alpha value is -1.10. The van der Waals surface area contributed by atoms with Crippen LogP contribution < -0.4 is 10.6 Å². The van der Waals surface area contributed by atoms with Gasteiger partial charge in [0.2, 0.25) is 5.89 Å². The number of anilines is 1. The Bertz CT molecular complexity index is 270. The van der Waals surface area contributed by atoms with Crippen LogP contribution in [0.15, 0.2) is 4.52 Å². The normalized spacial score (nSPS) is 12.9. The number of hydrogen-bond donors (Lipinski definition) is 1. The molecule has 80 valence electrons. The first-order valence-corrected chi connectivity index (χ1v) is 5.07. The maximum Gasteiger partial charge on any atom is 0.266 e. The number of rotatable bonds is 5. The molecule has 0 aliphatic rings. The first-order valence-electron chi connectivity index (χ1n) is 5.07. The summed E-state index contributed by atoms with van der Waals surface area (Å²) in [5.74, 6) is 1.16. The minimum Gasteiger partial charge on any atom is -0.339 e. The lowest BCUT2D eigenvalue weighted by Gasteiger charge is -2.14. The zero-order valence-electron chi connectivity index (χ0n) is 9.03. The molecule has 0 radical (unpaired) electrons. The van der Waals surface area contributed by atoms with Gasteiger partial charge in [0.15, 0.2) is 0 Å². The van der Waals surface area contributed by atoms with Gasteiger partial charge in [-0.15, -0.1) is 0 Å². The molecule has 1 heterocycles. The molecular formula is C9H18N4O. The molecule has 0 bridgehead atoms. The third-order valence-electron chi connectivity index (χ3n) is 2.23. The topological polar surface area (TPSA) is 68.2 Å². The predicted octanol–water partition coefficient (Wildman–Crippen LogP) is 1.33. The summed E-state index contributed by atoms with van der Waals surface area (Å²) in [6, 6.07) is -0.146. The average Bonchev–Trinajstić information content (AvgIpc) is 2.68. The van der Waals surface area contributed by atoms with Crippen LogP contribution in [0.2, 0.25) is 0 Å². The van der Waals surface area contributed by atoms with E-state index in [1.807, 2.05) is 11.8 Å². The lowest BCUT2D eigenvalue weighted by atomic mass is 10.2. The van der Waals surface area contributed by atoms with E-state index in [0.29, 0.717) is 11.8 Å². The van der Waals surface area contributed by atoms with Gasteiger partial charge in [0.05, 0.1) is 6.04 Å². The van der Waals surface area contributed by atoms with E-state index in [4.69, 9.17) is 10.3 Å². The fourth-order valence-corrected chi connectivity index (χ4v) is 1.19. The molecule has 2 N–H and O–H groups in total. The van der Waals surface area contributed by atoms with Crippen LogP contribution in [0.25, 0.3) is 0 Å². The van der Waals surface area contributed by atoms with Gasteiger partial charge in [0, 0.05) is 13.1 Å². The zero-order chi connectivity index (χ0) is 10.6. The third-order valence-corrected chi connectivity index (χ3v) is 2.23. The minimum atomic E-state index is -0.146. The highest BCUT2D eigenvalue weighted by atomic mass is 16.5. The summed E-state index contributed by atoms with van der Waals surface area (Å²) < 4.78 is 5.07. The fourth-order valence-electron chi connectivity index (χ4n) is 1.19. The summed E-state index contributed by atoms with van der Waals surface area (Å²) in [4.78, 5) is 6.27. The van der Waals surface area contributed by atoms with Gasteiger partial charge >= 0.3 is 0 Å². The summed E-state index contributed by atoms with van der Waals surface area (Å²) in [7, 11) is 0. The van der Waals surface area contributed by atoms with E-state index in [1.54, 1.807) is 0 Å². The summed E-state index contributed by atoms with van der Waals surface area (Å²) in [5, 5.41) is 3.89. The molecule has 1 rings (SSSR count). The highest BCUT2D eigenvalue weighted by molar-refractivity contribution is 5.26. The highest BCUT2D eigenvalue weighted by Gasteiger charge is 2.15. The Balaban J connectivity index is 2.76. The number of nitrogens with two attached hydrogens (primary N) is 1. The molecule has 0 fully saturated rings. The van der Waals surface area contributed by atoms with Gasteiger partial charge in [0.25, 0.3) is 5.95 Å². The lowest BCUT2D eigenvalue weighted by molar-refractivity contribution is 0.351. The Labute approximate surface area is 84.3 Å². The van der Waals surface area contributed by atoms with Crippen LogP contribution in [0.1, 0.15) is 39.1 Å². The molecule has 14 heavy (non-hydrogen) atoms. The van der Waals surface area contributed by atoms with Crippen LogP contribution in [0.3, 0.4) is 0 Å². The van der Waals surface area contributed by atoms with E-state index in [2.05, 4.69) is 24.0 Å². The van der Waals surface area contributed by atoms with E-state index in [9.17, 15) is 0 Å². The number of aromatic nitrogens is 2. The second-order valence-electron chi connectivity index (χ2n) is 3.12. The van der Waals surface area contributed by atoms with E-state index >= 15 is 0 Å². The summed E-state index contributed by atoms with van der Waals surface area (Å²) in [6.07, 6.45) is 0.805. The van der Waals surface area contributed by atoms with Crippen molar-refractivity contribution in [1.82, 2.24) is 10.1 Å². The molecule has 1 aromatic rings. The van der Waals surface area contributed by atoms with E-state index in [1.165, 1.54) is 0 Å². The average molecular weight is 198 g/mol. The Kier molecular flexibility index (Phi) is 3.88. The van der Waals surface area contributed by atoms with Crippen LogP contribution in [0, 0.1) is 0 Å². The van der Waals surface area contributed by atoms with Gasteiger partial charge < -0.3 is 15.2 Å². The third kappa shape index (κ3) is 2.23. The van der Waals surface area contributed by atoms with Crippen molar-refractivity contribution in [3.05, 3.63) is 5.89 Å². The largest absolute Gasteiger partial charge is 0.339 e. The van der Waals surface area contributed by atoms with E-state index < -0.39 is 0 Å². The van der Waals surface area contributed by atoms with Crippen LogP contribution in [-0.2, 0) is 0 Å². The van der Waals surface area contributed by atoms with Crippen LogP contribution in [0.4, 0.5) is 5.95 Å². The Morgan fingerprint density at radius 1 is 1.36 bits per heavy atom. The smallest absolute Gasteiger partial charge is 0.266 e. The molecule has 0 saturated heterocycles. The number of hydrogen-bond acceptors (Lipinski definition) is 5. The van der Waals surface area contributed by atoms with Crippen molar-refractivity contribution in [3.8, 4) is 0 Å². The van der Waals surface area contributed by atoms with Crippen molar-refractivity contribution in [2.24, 2.45) is 5.73 Å². The maximum atomic E-state index is 5.78. The van der Waals surface area contributed by atoms with Gasteiger partial charge in [-0.05, 0) is 25.4 Å². The molecule has 0 aromatic carbocycles. The quantitative estimate of drug-likeness (QED) is 0.773. The van der Waals surface area contributed by atoms with Crippen molar-refractivity contribution in [1.29, 1.82) is 0 Å². The van der Waals surface area contributed by atoms with Gasteiger partial charge in [-0.1, -0.05) is 6.92 Å². The Morgan fingerprint density at radius 3 is 2.50 bits per heavy atom. The highest BCUT2D eigenvalue weighted by Crippen LogP contribution is 2.15. The summed E-state index contributed by atoms with van der Waals surface area (Å²) in [5.41, 5.74) is 5.78. The van der Waals surface area contributed by atoms with Crippen LogP contribution in [0.5, 0.6) is 0 Å². The summed E-state index contributed by atoms with van der Waals surface area (Å²) in [6.45, 7) is 7.85. The van der Waals surface area contributed by atoms with E-state index in [0.717, 1.165) is 19.5 Å².